The van der Waals surface area contributed by atoms with Crippen molar-refractivity contribution in [2.75, 3.05) is 13.7 Å². The summed E-state index contributed by atoms with van der Waals surface area (Å²) in [6.45, 7) is 8.58. The van der Waals surface area contributed by atoms with Gasteiger partial charge in [-0.25, -0.2) is 4.79 Å². The fourth-order valence-corrected chi connectivity index (χ4v) is 2.11. The molecule has 3 heteroatoms. The molecule has 1 N–H and O–H groups in total. The number of carbonyl (C=O) groups excluding carboxylic acids is 1. The van der Waals surface area contributed by atoms with Crippen molar-refractivity contribution in [2.45, 2.75) is 33.2 Å². The second-order valence-electron chi connectivity index (χ2n) is 4.47. The van der Waals surface area contributed by atoms with Gasteiger partial charge in [0.25, 0.3) is 0 Å². The van der Waals surface area contributed by atoms with Crippen molar-refractivity contribution in [3.05, 3.63) is 34.9 Å². The highest BCUT2D eigenvalue weighted by atomic mass is 16.5. The van der Waals surface area contributed by atoms with E-state index in [1.54, 1.807) is 0 Å². The lowest BCUT2D eigenvalue weighted by Gasteiger charge is -2.29. The number of carbonyl (C=O) groups is 1. The van der Waals surface area contributed by atoms with Crippen LogP contribution in [0.5, 0.6) is 0 Å². The maximum atomic E-state index is 12.0. The summed E-state index contributed by atoms with van der Waals surface area (Å²) in [6, 6.07) is 6.11. The highest BCUT2D eigenvalue weighted by Gasteiger charge is 2.36. The van der Waals surface area contributed by atoms with E-state index in [0.29, 0.717) is 6.54 Å². The van der Waals surface area contributed by atoms with Gasteiger partial charge >= 0.3 is 5.97 Å². The van der Waals surface area contributed by atoms with Crippen molar-refractivity contribution < 1.29 is 9.53 Å². The fourth-order valence-electron chi connectivity index (χ4n) is 2.11. The van der Waals surface area contributed by atoms with E-state index >= 15 is 0 Å². The van der Waals surface area contributed by atoms with Crippen molar-refractivity contribution in [1.82, 2.24) is 5.32 Å². The summed E-state index contributed by atoms with van der Waals surface area (Å²) in [7, 11) is 1.42. The molecular weight excluding hydrogens is 214 g/mol. The molecule has 0 saturated heterocycles. The lowest BCUT2D eigenvalue weighted by Crippen LogP contribution is -2.47. The standard InChI is InChI=1S/C14H21NO2/c1-6-15-14(4,13(16)17-5)12-9-10(2)7-8-11(12)3/h7-9,15H,6H2,1-5H3. The average Bonchev–Trinajstić information content (AvgIpc) is 2.31. The van der Waals surface area contributed by atoms with Gasteiger partial charge in [0.05, 0.1) is 7.11 Å². The van der Waals surface area contributed by atoms with Crippen molar-refractivity contribution in [3.8, 4) is 0 Å². The SMILES string of the molecule is CCNC(C)(C(=O)OC)c1cc(C)ccc1C. The fraction of sp³-hybridized carbons (Fsp3) is 0.500. The lowest BCUT2D eigenvalue weighted by molar-refractivity contribution is -0.148. The van der Waals surface area contributed by atoms with E-state index in [1.807, 2.05) is 45.9 Å². The Morgan fingerprint density at radius 1 is 1.41 bits per heavy atom. The number of hydrogen-bond donors (Lipinski definition) is 1. The van der Waals surface area contributed by atoms with Gasteiger partial charge in [0.2, 0.25) is 0 Å². The number of methoxy groups -OCH3 is 1. The second-order valence-corrected chi connectivity index (χ2v) is 4.47. The highest BCUT2D eigenvalue weighted by molar-refractivity contribution is 5.82. The molecule has 0 aliphatic heterocycles. The van der Waals surface area contributed by atoms with E-state index in [4.69, 9.17) is 4.74 Å². The monoisotopic (exact) mass is 235 g/mol. The molecule has 0 fully saturated rings. The first-order valence-electron chi connectivity index (χ1n) is 5.87. The molecule has 0 bridgehead atoms. The largest absolute Gasteiger partial charge is 0.467 e. The van der Waals surface area contributed by atoms with Crippen LogP contribution in [0.4, 0.5) is 0 Å². The number of nitrogens with one attached hydrogen (secondary N) is 1. The first kappa shape index (κ1) is 13.7. The number of ether oxygens (including phenoxy) is 1. The third-order valence-corrected chi connectivity index (χ3v) is 3.06. The molecule has 0 saturated carbocycles. The normalized spacial score (nSPS) is 14.2. The first-order valence-corrected chi connectivity index (χ1v) is 5.87. The number of hydrogen-bond acceptors (Lipinski definition) is 3. The van der Waals surface area contributed by atoms with Gasteiger partial charge in [0, 0.05) is 0 Å². The Hall–Kier alpha value is -1.35. The number of likely N-dealkylation sites (N-methyl/N-ethyl adjacent to an activating group) is 1. The van der Waals surface area contributed by atoms with E-state index in [2.05, 4.69) is 5.32 Å². The van der Waals surface area contributed by atoms with Crippen molar-refractivity contribution in [3.63, 3.8) is 0 Å². The predicted molar refractivity (Wildman–Crippen MR) is 69.0 cm³/mol. The summed E-state index contributed by atoms with van der Waals surface area (Å²) < 4.78 is 4.92. The van der Waals surface area contributed by atoms with Crippen LogP contribution in [0.3, 0.4) is 0 Å². The lowest BCUT2D eigenvalue weighted by atomic mass is 9.87. The average molecular weight is 235 g/mol. The predicted octanol–water partition coefficient (Wildman–Crippen LogP) is 2.30. The Morgan fingerprint density at radius 2 is 2.06 bits per heavy atom. The maximum absolute atomic E-state index is 12.0. The van der Waals surface area contributed by atoms with Crippen molar-refractivity contribution in [1.29, 1.82) is 0 Å². The minimum absolute atomic E-state index is 0.256. The van der Waals surface area contributed by atoms with Gasteiger partial charge in [-0.05, 0) is 38.4 Å². The third kappa shape index (κ3) is 2.67. The van der Waals surface area contributed by atoms with Gasteiger partial charge in [0.15, 0.2) is 0 Å². The number of esters is 1. The number of benzene rings is 1. The van der Waals surface area contributed by atoms with E-state index in [-0.39, 0.29) is 5.97 Å². The van der Waals surface area contributed by atoms with Gasteiger partial charge < -0.3 is 4.74 Å². The number of rotatable bonds is 4. The van der Waals surface area contributed by atoms with Gasteiger partial charge in [-0.3, -0.25) is 5.32 Å². The Labute approximate surface area is 103 Å². The molecule has 1 unspecified atom stereocenters. The maximum Gasteiger partial charge on any atom is 0.330 e. The molecular formula is C14H21NO2. The minimum Gasteiger partial charge on any atom is -0.467 e. The summed E-state index contributed by atoms with van der Waals surface area (Å²) in [5, 5.41) is 3.22. The Bertz CT molecular complexity index is 415. The van der Waals surface area contributed by atoms with E-state index in [0.717, 1.165) is 16.7 Å². The second kappa shape index (κ2) is 5.32. The molecule has 0 aliphatic carbocycles. The third-order valence-electron chi connectivity index (χ3n) is 3.06. The molecule has 0 aromatic heterocycles. The van der Waals surface area contributed by atoms with Crippen LogP contribution in [0.1, 0.15) is 30.5 Å². The molecule has 94 valence electrons. The number of aryl methyl sites for hydroxylation is 2. The highest BCUT2D eigenvalue weighted by Crippen LogP contribution is 2.26. The molecule has 1 aromatic carbocycles. The quantitative estimate of drug-likeness (QED) is 0.814. The van der Waals surface area contributed by atoms with Crippen LogP contribution in [-0.4, -0.2) is 19.6 Å². The molecule has 0 amide bonds. The van der Waals surface area contributed by atoms with Crippen LogP contribution in [0.2, 0.25) is 0 Å². The van der Waals surface area contributed by atoms with E-state index in [9.17, 15) is 4.79 Å². The van der Waals surface area contributed by atoms with Gasteiger partial charge in [-0.2, -0.15) is 0 Å². The minimum atomic E-state index is -0.778. The first-order chi connectivity index (χ1) is 7.95. The van der Waals surface area contributed by atoms with Crippen molar-refractivity contribution in [2.24, 2.45) is 0 Å². The summed E-state index contributed by atoms with van der Waals surface area (Å²) >= 11 is 0. The van der Waals surface area contributed by atoms with Crippen LogP contribution < -0.4 is 5.32 Å². The van der Waals surface area contributed by atoms with Crippen LogP contribution >= 0.6 is 0 Å². The van der Waals surface area contributed by atoms with Gasteiger partial charge in [0.1, 0.15) is 5.54 Å². The summed E-state index contributed by atoms with van der Waals surface area (Å²) in [5.41, 5.74) is 2.42. The topological polar surface area (TPSA) is 38.3 Å². The zero-order chi connectivity index (χ0) is 13.1. The van der Waals surface area contributed by atoms with Crippen LogP contribution in [-0.2, 0) is 15.1 Å². The van der Waals surface area contributed by atoms with E-state index < -0.39 is 5.54 Å². The summed E-state index contributed by atoms with van der Waals surface area (Å²) in [5.74, 6) is -0.256. The summed E-state index contributed by atoms with van der Waals surface area (Å²) in [6.07, 6.45) is 0. The molecule has 0 aliphatic rings. The molecule has 0 radical (unpaired) electrons. The smallest absolute Gasteiger partial charge is 0.330 e. The van der Waals surface area contributed by atoms with Gasteiger partial charge in [-0.1, -0.05) is 30.7 Å². The molecule has 0 spiro atoms. The molecule has 0 heterocycles. The zero-order valence-electron chi connectivity index (χ0n) is 11.3. The molecule has 3 nitrogen and oxygen atoms in total. The summed E-state index contributed by atoms with van der Waals surface area (Å²) in [4.78, 5) is 12.0. The van der Waals surface area contributed by atoms with Gasteiger partial charge in [-0.15, -0.1) is 0 Å². The molecule has 1 atom stereocenters. The molecule has 1 aromatic rings. The zero-order valence-corrected chi connectivity index (χ0v) is 11.3. The van der Waals surface area contributed by atoms with E-state index in [1.165, 1.54) is 7.11 Å². The Morgan fingerprint density at radius 3 is 2.59 bits per heavy atom. The Kier molecular flexibility index (Phi) is 4.29. The van der Waals surface area contributed by atoms with Crippen LogP contribution in [0, 0.1) is 13.8 Å². The van der Waals surface area contributed by atoms with Crippen molar-refractivity contribution >= 4 is 5.97 Å². The van der Waals surface area contributed by atoms with Crippen LogP contribution in [0.15, 0.2) is 18.2 Å². The molecule has 17 heavy (non-hydrogen) atoms. The van der Waals surface area contributed by atoms with Crippen LogP contribution in [0.25, 0.3) is 0 Å². The Balaban J connectivity index is 3.31. The molecule has 1 rings (SSSR count).